The van der Waals surface area contributed by atoms with Gasteiger partial charge in [0.05, 0.1) is 6.10 Å². The van der Waals surface area contributed by atoms with Gasteiger partial charge in [-0.15, -0.1) is 6.58 Å². The Balaban J connectivity index is 1.67. The molecule has 1 heterocycles. The van der Waals surface area contributed by atoms with E-state index in [2.05, 4.69) is 20.4 Å². The quantitative estimate of drug-likeness (QED) is 0.385. The second kappa shape index (κ2) is 7.49. The summed E-state index contributed by atoms with van der Waals surface area (Å²) in [6.45, 7) is 14.6. The van der Waals surface area contributed by atoms with Gasteiger partial charge in [-0.2, -0.15) is 0 Å². The lowest BCUT2D eigenvalue weighted by atomic mass is 9.57. The molecular formula is C24H32O4. The molecule has 1 saturated heterocycles. The van der Waals surface area contributed by atoms with E-state index in [1.165, 1.54) is 0 Å². The summed E-state index contributed by atoms with van der Waals surface area (Å²) in [5, 5.41) is 0. The van der Waals surface area contributed by atoms with Gasteiger partial charge in [-0.1, -0.05) is 55.8 Å². The third kappa shape index (κ3) is 4.39. The Morgan fingerprint density at radius 3 is 2.50 bits per heavy atom. The molecule has 3 atom stereocenters. The second-order valence-electron chi connectivity index (χ2n) is 9.26. The van der Waals surface area contributed by atoms with Gasteiger partial charge in [0.2, 0.25) is 0 Å². The summed E-state index contributed by atoms with van der Waals surface area (Å²) >= 11 is 0. The van der Waals surface area contributed by atoms with Crippen molar-refractivity contribution >= 4 is 5.97 Å². The van der Waals surface area contributed by atoms with E-state index in [0.717, 1.165) is 24.0 Å². The zero-order valence-electron chi connectivity index (χ0n) is 17.7. The van der Waals surface area contributed by atoms with Gasteiger partial charge in [0.15, 0.2) is 5.79 Å². The third-order valence-electron chi connectivity index (χ3n) is 5.96. The molecule has 0 radical (unpaired) electrons. The van der Waals surface area contributed by atoms with E-state index in [1.807, 2.05) is 57.2 Å². The lowest BCUT2D eigenvalue weighted by molar-refractivity contribution is -0.155. The number of hydrogen-bond donors (Lipinski definition) is 0. The highest BCUT2D eigenvalue weighted by molar-refractivity contribution is 5.83. The van der Waals surface area contributed by atoms with Crippen LogP contribution in [0.25, 0.3) is 0 Å². The molecule has 0 aromatic heterocycles. The number of rotatable bonds is 6. The van der Waals surface area contributed by atoms with Crippen LogP contribution in [0, 0.1) is 11.3 Å². The molecule has 0 bridgehead atoms. The summed E-state index contributed by atoms with van der Waals surface area (Å²) in [5.41, 5.74) is 1.70. The van der Waals surface area contributed by atoms with Crippen molar-refractivity contribution in [1.29, 1.82) is 0 Å². The maximum absolute atomic E-state index is 12.3. The molecule has 1 aliphatic carbocycles. The minimum atomic E-state index is -0.639. The molecule has 0 N–H and O–H groups in total. The maximum atomic E-state index is 12.3. The summed E-state index contributed by atoms with van der Waals surface area (Å²) < 4.78 is 17.7. The monoisotopic (exact) mass is 384 g/mol. The average molecular weight is 385 g/mol. The van der Waals surface area contributed by atoms with E-state index < -0.39 is 11.4 Å². The number of carbonyl (C=O) groups is 1. The van der Waals surface area contributed by atoms with Gasteiger partial charge < -0.3 is 14.2 Å². The SMILES string of the molecule is C=C[C@@]1(C)OC(C)(C)O[C@@H]1C[C@H]1/C(=C\C(=O)OCc2ccccc2)CC1(C)C. The van der Waals surface area contributed by atoms with Crippen LogP contribution in [0.15, 0.2) is 54.6 Å². The van der Waals surface area contributed by atoms with Crippen LogP contribution >= 0.6 is 0 Å². The van der Waals surface area contributed by atoms with Gasteiger partial charge in [-0.05, 0) is 50.5 Å². The molecule has 1 saturated carbocycles. The van der Waals surface area contributed by atoms with Crippen molar-refractivity contribution in [2.24, 2.45) is 11.3 Å². The zero-order valence-corrected chi connectivity index (χ0v) is 17.7. The van der Waals surface area contributed by atoms with Gasteiger partial charge in [0, 0.05) is 6.08 Å². The molecule has 1 aliphatic heterocycles. The van der Waals surface area contributed by atoms with Crippen LogP contribution in [-0.4, -0.2) is 23.5 Å². The first-order chi connectivity index (χ1) is 13.0. The number of ether oxygens (including phenoxy) is 3. The van der Waals surface area contributed by atoms with Crippen molar-refractivity contribution in [2.75, 3.05) is 0 Å². The van der Waals surface area contributed by atoms with Crippen LogP contribution in [0.2, 0.25) is 0 Å². The molecule has 3 rings (SSSR count). The van der Waals surface area contributed by atoms with Crippen LogP contribution in [0.4, 0.5) is 0 Å². The van der Waals surface area contributed by atoms with Crippen LogP contribution in [0.5, 0.6) is 0 Å². The molecule has 0 amide bonds. The minimum absolute atomic E-state index is 0.103. The molecule has 28 heavy (non-hydrogen) atoms. The molecule has 4 nitrogen and oxygen atoms in total. The average Bonchev–Trinajstić information content (AvgIpc) is 2.87. The van der Waals surface area contributed by atoms with Crippen molar-refractivity contribution in [3.8, 4) is 0 Å². The molecule has 2 fully saturated rings. The molecule has 152 valence electrons. The molecule has 1 aromatic rings. The zero-order chi connectivity index (χ0) is 20.6. The molecular weight excluding hydrogens is 352 g/mol. The van der Waals surface area contributed by atoms with Gasteiger partial charge in [-0.3, -0.25) is 0 Å². The number of benzene rings is 1. The van der Waals surface area contributed by atoms with Crippen molar-refractivity contribution in [2.45, 2.75) is 71.6 Å². The molecule has 2 aliphatic rings. The van der Waals surface area contributed by atoms with E-state index in [4.69, 9.17) is 14.2 Å². The van der Waals surface area contributed by atoms with Gasteiger partial charge in [0.25, 0.3) is 0 Å². The first kappa shape index (κ1) is 20.8. The summed E-state index contributed by atoms with van der Waals surface area (Å²) in [4.78, 5) is 12.3. The number of esters is 1. The lowest BCUT2D eigenvalue weighted by Crippen LogP contribution is -2.44. The van der Waals surface area contributed by atoms with Gasteiger partial charge in [0.1, 0.15) is 12.2 Å². The maximum Gasteiger partial charge on any atom is 0.331 e. The second-order valence-corrected chi connectivity index (χ2v) is 9.26. The Labute approximate surface area is 168 Å². The standard InChI is InChI=1S/C24H32O4/c1-7-24(6)20(27-23(4,5)28-24)14-19-18(15-22(19,2)3)13-21(25)26-16-17-11-9-8-10-12-17/h7-13,19-20H,1,14-16H2,2-6H3/b18-13-/t19-,20+,24+/m0/s1. The molecule has 4 heteroatoms. The fourth-order valence-corrected chi connectivity index (χ4v) is 4.44. The highest BCUT2D eigenvalue weighted by Crippen LogP contribution is 2.54. The first-order valence-electron chi connectivity index (χ1n) is 9.97. The first-order valence-corrected chi connectivity index (χ1v) is 9.97. The lowest BCUT2D eigenvalue weighted by Gasteiger charge is -2.49. The Kier molecular flexibility index (Phi) is 5.57. The Bertz CT molecular complexity index is 762. The van der Waals surface area contributed by atoms with Crippen molar-refractivity contribution < 1.29 is 19.0 Å². The van der Waals surface area contributed by atoms with Crippen LogP contribution in [0.3, 0.4) is 0 Å². The minimum Gasteiger partial charge on any atom is -0.458 e. The summed E-state index contributed by atoms with van der Waals surface area (Å²) in [6, 6.07) is 9.72. The Morgan fingerprint density at radius 1 is 1.21 bits per heavy atom. The predicted octanol–water partition coefficient (Wildman–Crippen LogP) is 5.19. The summed E-state index contributed by atoms with van der Waals surface area (Å²) in [7, 11) is 0. The Hall–Kier alpha value is -1.91. The number of carbonyl (C=O) groups excluding carboxylic acids is 1. The molecule has 1 aromatic carbocycles. The van der Waals surface area contributed by atoms with E-state index >= 15 is 0 Å². The van der Waals surface area contributed by atoms with Crippen LogP contribution in [-0.2, 0) is 25.6 Å². The molecule has 0 spiro atoms. The van der Waals surface area contributed by atoms with Crippen molar-refractivity contribution in [1.82, 2.24) is 0 Å². The third-order valence-corrected chi connectivity index (χ3v) is 5.96. The number of hydrogen-bond acceptors (Lipinski definition) is 4. The van der Waals surface area contributed by atoms with E-state index in [9.17, 15) is 4.79 Å². The fourth-order valence-electron chi connectivity index (χ4n) is 4.44. The number of allylic oxidation sites excluding steroid dienone is 1. The van der Waals surface area contributed by atoms with Crippen molar-refractivity contribution in [3.63, 3.8) is 0 Å². The van der Waals surface area contributed by atoms with E-state index in [-0.39, 0.29) is 23.4 Å². The van der Waals surface area contributed by atoms with Gasteiger partial charge >= 0.3 is 5.97 Å². The van der Waals surface area contributed by atoms with Crippen LogP contribution in [0.1, 0.15) is 53.0 Å². The van der Waals surface area contributed by atoms with E-state index in [0.29, 0.717) is 6.61 Å². The largest absolute Gasteiger partial charge is 0.458 e. The van der Waals surface area contributed by atoms with Gasteiger partial charge in [-0.25, -0.2) is 4.79 Å². The highest BCUT2D eigenvalue weighted by Gasteiger charge is 2.52. The Morgan fingerprint density at radius 2 is 1.89 bits per heavy atom. The van der Waals surface area contributed by atoms with Crippen LogP contribution < -0.4 is 0 Å². The normalized spacial score (nSPS) is 32.0. The van der Waals surface area contributed by atoms with Crippen molar-refractivity contribution in [3.05, 3.63) is 60.2 Å². The summed E-state index contributed by atoms with van der Waals surface area (Å²) in [6.07, 6.45) is 5.07. The fraction of sp³-hybridized carbons (Fsp3) is 0.542. The topological polar surface area (TPSA) is 44.8 Å². The highest BCUT2D eigenvalue weighted by atomic mass is 16.8. The smallest absolute Gasteiger partial charge is 0.331 e. The predicted molar refractivity (Wildman–Crippen MR) is 109 cm³/mol. The van der Waals surface area contributed by atoms with E-state index in [1.54, 1.807) is 6.08 Å². The molecule has 0 unspecified atom stereocenters. The summed E-state index contributed by atoms with van der Waals surface area (Å²) in [5.74, 6) is -0.673.